The number of carbonyl (C=O) groups is 1. The molecule has 0 heterocycles. The maximum atomic E-state index is 12.7. The summed E-state index contributed by atoms with van der Waals surface area (Å²) >= 11 is 0. The zero-order chi connectivity index (χ0) is 15.5. The van der Waals surface area contributed by atoms with Crippen LogP contribution < -0.4 is 11.3 Å². The number of nitrogens with two attached hydrogens (primary N) is 1. The van der Waals surface area contributed by atoms with Crippen LogP contribution in [0.2, 0.25) is 0 Å². The number of anilines is 1. The molecule has 0 saturated heterocycles. The Hall–Kier alpha value is -1.80. The second kappa shape index (κ2) is 6.10. The number of hydrogen-bond donors (Lipinski definition) is 3. The topological polar surface area (TPSA) is 78.6 Å². The number of aliphatic hydroxyl groups is 1. The summed E-state index contributed by atoms with van der Waals surface area (Å²) in [5.41, 5.74) is 1.13. The Balaban J connectivity index is 3.24. The van der Waals surface area contributed by atoms with Crippen molar-refractivity contribution >= 4 is 11.6 Å². The number of benzene rings is 1. The average molecular weight is 291 g/mol. The number of aliphatic hydroxyl groups excluding tert-OH is 1. The fourth-order valence-electron chi connectivity index (χ4n) is 1.54. The summed E-state index contributed by atoms with van der Waals surface area (Å²) in [6.45, 7) is 1.27. The Morgan fingerprint density at radius 3 is 2.55 bits per heavy atom. The highest BCUT2D eigenvalue weighted by Crippen LogP contribution is 2.32. The first-order valence-electron chi connectivity index (χ1n) is 5.78. The smallest absolute Gasteiger partial charge is 0.394 e. The quantitative estimate of drug-likeness (QED) is 0.579. The molecular formula is C12H16F3N3O2. The minimum atomic E-state index is -4.55. The summed E-state index contributed by atoms with van der Waals surface area (Å²) in [5.74, 6) is 4.54. The van der Waals surface area contributed by atoms with Gasteiger partial charge in [-0.25, -0.2) is 0 Å². The van der Waals surface area contributed by atoms with Crippen LogP contribution in [0.5, 0.6) is 0 Å². The van der Waals surface area contributed by atoms with Crippen molar-refractivity contribution in [2.75, 3.05) is 19.1 Å². The van der Waals surface area contributed by atoms with Crippen LogP contribution in [0.15, 0.2) is 18.2 Å². The van der Waals surface area contributed by atoms with Crippen molar-refractivity contribution in [1.82, 2.24) is 4.90 Å². The third kappa shape index (κ3) is 3.40. The molecule has 1 unspecified atom stereocenters. The molecule has 20 heavy (non-hydrogen) atoms. The van der Waals surface area contributed by atoms with E-state index in [0.29, 0.717) is 0 Å². The average Bonchev–Trinajstić information content (AvgIpc) is 2.43. The third-order valence-electron chi connectivity index (χ3n) is 2.98. The van der Waals surface area contributed by atoms with Gasteiger partial charge in [0.25, 0.3) is 5.91 Å². The predicted molar refractivity (Wildman–Crippen MR) is 67.9 cm³/mol. The van der Waals surface area contributed by atoms with Gasteiger partial charge in [0.1, 0.15) is 0 Å². The van der Waals surface area contributed by atoms with E-state index >= 15 is 0 Å². The molecule has 1 aromatic carbocycles. The number of nitrogens with one attached hydrogen (secondary N) is 1. The normalized spacial score (nSPS) is 12.9. The lowest BCUT2D eigenvalue weighted by atomic mass is 10.1. The van der Waals surface area contributed by atoms with Gasteiger partial charge < -0.3 is 15.4 Å². The van der Waals surface area contributed by atoms with Gasteiger partial charge in [0, 0.05) is 7.05 Å². The number of rotatable bonds is 4. The van der Waals surface area contributed by atoms with Crippen molar-refractivity contribution in [1.29, 1.82) is 0 Å². The molecule has 0 fully saturated rings. The number of hydrazine groups is 1. The zero-order valence-corrected chi connectivity index (χ0v) is 11.0. The fourth-order valence-corrected chi connectivity index (χ4v) is 1.54. The van der Waals surface area contributed by atoms with Crippen molar-refractivity contribution in [2.24, 2.45) is 5.84 Å². The number of nitrogen functional groups attached to an aromatic ring is 1. The minimum absolute atomic E-state index is 0.0833. The second-order valence-corrected chi connectivity index (χ2v) is 4.35. The lowest BCUT2D eigenvalue weighted by Crippen LogP contribution is -2.37. The number of carbonyl (C=O) groups excluding carboxylic acids is 1. The molecule has 4 N–H and O–H groups in total. The van der Waals surface area contributed by atoms with Crippen LogP contribution in [0.3, 0.4) is 0 Å². The van der Waals surface area contributed by atoms with Crippen LogP contribution >= 0.6 is 0 Å². The molecule has 0 saturated carbocycles. The molecule has 112 valence electrons. The number of likely N-dealkylation sites (N-methyl/N-ethyl adjacent to an activating group) is 1. The summed E-state index contributed by atoms with van der Waals surface area (Å²) in [5, 5.41) is 9.00. The van der Waals surface area contributed by atoms with Gasteiger partial charge in [-0.3, -0.25) is 10.6 Å². The number of nitrogens with zero attached hydrogens (tertiary/aromatic N) is 1. The number of alkyl halides is 3. The van der Waals surface area contributed by atoms with Crippen molar-refractivity contribution < 1.29 is 23.1 Å². The molecule has 0 aliphatic rings. The maximum absolute atomic E-state index is 12.7. The van der Waals surface area contributed by atoms with Crippen LogP contribution in [0, 0.1) is 0 Å². The molecule has 0 aromatic heterocycles. The van der Waals surface area contributed by atoms with E-state index < -0.39 is 23.7 Å². The van der Waals surface area contributed by atoms with E-state index in [1.165, 1.54) is 7.05 Å². The summed E-state index contributed by atoms with van der Waals surface area (Å²) in [6, 6.07) is 2.13. The van der Waals surface area contributed by atoms with Gasteiger partial charge in [-0.2, -0.15) is 13.2 Å². The van der Waals surface area contributed by atoms with E-state index in [2.05, 4.69) is 5.43 Å². The molecule has 0 bridgehead atoms. The van der Waals surface area contributed by atoms with E-state index in [9.17, 15) is 18.0 Å². The zero-order valence-electron chi connectivity index (χ0n) is 11.0. The van der Waals surface area contributed by atoms with Gasteiger partial charge >= 0.3 is 6.18 Å². The third-order valence-corrected chi connectivity index (χ3v) is 2.98. The van der Waals surface area contributed by atoms with E-state index in [1.807, 2.05) is 0 Å². The second-order valence-electron chi connectivity index (χ2n) is 4.35. The molecule has 1 rings (SSSR count). The van der Waals surface area contributed by atoms with Crippen molar-refractivity contribution in [2.45, 2.75) is 19.1 Å². The van der Waals surface area contributed by atoms with E-state index in [0.717, 1.165) is 23.1 Å². The summed E-state index contributed by atoms with van der Waals surface area (Å²) in [4.78, 5) is 13.3. The SMILES string of the molecule is CC(CO)N(C)C(=O)c1cc(C(F)(F)F)ccc1NN. The Bertz CT molecular complexity index is 491. The first-order chi connectivity index (χ1) is 9.22. The minimum Gasteiger partial charge on any atom is -0.394 e. The van der Waals surface area contributed by atoms with Crippen LogP contribution in [0.4, 0.5) is 18.9 Å². The van der Waals surface area contributed by atoms with Gasteiger partial charge in [-0.05, 0) is 25.1 Å². The monoisotopic (exact) mass is 291 g/mol. The highest BCUT2D eigenvalue weighted by molar-refractivity contribution is 5.99. The molecule has 8 heteroatoms. The highest BCUT2D eigenvalue weighted by atomic mass is 19.4. The van der Waals surface area contributed by atoms with E-state index in [-0.39, 0.29) is 17.9 Å². The van der Waals surface area contributed by atoms with Crippen LogP contribution in [0.25, 0.3) is 0 Å². The van der Waals surface area contributed by atoms with Gasteiger partial charge in [0.05, 0.1) is 29.5 Å². The predicted octanol–water partition coefficient (Wildman–Crippen LogP) is 1.44. The fraction of sp³-hybridized carbons (Fsp3) is 0.417. The molecule has 5 nitrogen and oxygen atoms in total. The first-order valence-corrected chi connectivity index (χ1v) is 5.78. The maximum Gasteiger partial charge on any atom is 0.416 e. The molecule has 0 aliphatic heterocycles. The summed E-state index contributed by atoms with van der Waals surface area (Å²) in [7, 11) is 1.39. The van der Waals surface area contributed by atoms with Crippen molar-refractivity contribution in [3.8, 4) is 0 Å². The van der Waals surface area contributed by atoms with Crippen molar-refractivity contribution in [3.05, 3.63) is 29.3 Å². The van der Waals surface area contributed by atoms with E-state index in [1.54, 1.807) is 6.92 Å². The molecule has 1 atom stereocenters. The number of amides is 1. The molecular weight excluding hydrogens is 275 g/mol. The lowest BCUT2D eigenvalue weighted by molar-refractivity contribution is -0.137. The van der Waals surface area contributed by atoms with Gasteiger partial charge in [-0.1, -0.05) is 0 Å². The Morgan fingerprint density at radius 1 is 1.50 bits per heavy atom. The molecule has 0 spiro atoms. The lowest BCUT2D eigenvalue weighted by Gasteiger charge is -2.24. The van der Waals surface area contributed by atoms with Crippen molar-refractivity contribution in [3.63, 3.8) is 0 Å². The Labute approximate surface area is 114 Å². The molecule has 1 amide bonds. The Morgan fingerprint density at radius 2 is 2.10 bits per heavy atom. The van der Waals surface area contributed by atoms with Crippen LogP contribution in [-0.4, -0.2) is 35.6 Å². The van der Waals surface area contributed by atoms with Crippen LogP contribution in [-0.2, 0) is 6.18 Å². The highest BCUT2D eigenvalue weighted by Gasteiger charge is 2.32. The molecule has 1 aromatic rings. The standard InChI is InChI=1S/C12H16F3N3O2/c1-7(6-19)18(2)11(20)9-5-8(12(13,14)15)3-4-10(9)17-16/h3-5,7,17,19H,6,16H2,1-2H3. The largest absolute Gasteiger partial charge is 0.416 e. The van der Waals surface area contributed by atoms with Gasteiger partial charge in [0.2, 0.25) is 0 Å². The molecule has 0 radical (unpaired) electrons. The summed E-state index contributed by atoms with van der Waals surface area (Å²) in [6.07, 6.45) is -4.55. The summed E-state index contributed by atoms with van der Waals surface area (Å²) < 4.78 is 38.0. The first kappa shape index (κ1) is 16.3. The van der Waals surface area contributed by atoms with Crippen LogP contribution in [0.1, 0.15) is 22.8 Å². The van der Waals surface area contributed by atoms with Gasteiger partial charge in [-0.15, -0.1) is 0 Å². The molecule has 0 aliphatic carbocycles. The Kier molecular flexibility index (Phi) is 4.96. The number of halogens is 3. The van der Waals surface area contributed by atoms with Gasteiger partial charge in [0.15, 0.2) is 0 Å². The number of hydrogen-bond acceptors (Lipinski definition) is 4. The van der Waals surface area contributed by atoms with E-state index in [4.69, 9.17) is 10.9 Å².